The molecule has 0 aromatic heterocycles. The summed E-state index contributed by atoms with van der Waals surface area (Å²) in [7, 11) is 0. The number of hydrogen-bond acceptors (Lipinski definition) is 8. The number of allylic oxidation sites excluding steroid dienone is 2. The van der Waals surface area contributed by atoms with E-state index < -0.39 is 49.5 Å². The van der Waals surface area contributed by atoms with Crippen molar-refractivity contribution >= 4 is 5.91 Å². The predicted molar refractivity (Wildman–Crippen MR) is 207 cm³/mol. The molecular formula is C42H81NO8. The molecule has 0 bridgehead atoms. The highest BCUT2D eigenvalue weighted by molar-refractivity contribution is 5.76. The van der Waals surface area contributed by atoms with Gasteiger partial charge in [0.05, 0.1) is 25.4 Å². The Hall–Kier alpha value is -1.07. The number of aliphatic hydroxyl groups is 5. The summed E-state index contributed by atoms with van der Waals surface area (Å²) in [4.78, 5) is 12.9. The maximum atomic E-state index is 12.9. The largest absolute Gasteiger partial charge is 0.394 e. The zero-order valence-corrected chi connectivity index (χ0v) is 32.9. The van der Waals surface area contributed by atoms with E-state index in [1.54, 1.807) is 0 Å². The lowest BCUT2D eigenvalue weighted by Gasteiger charge is -2.40. The Balaban J connectivity index is 2.38. The molecule has 0 spiro atoms. The smallest absolute Gasteiger partial charge is 0.220 e. The Morgan fingerprint density at radius 2 is 1.10 bits per heavy atom. The van der Waals surface area contributed by atoms with Gasteiger partial charge in [-0.15, -0.1) is 0 Å². The molecule has 0 saturated carbocycles. The third-order valence-electron chi connectivity index (χ3n) is 10.4. The van der Waals surface area contributed by atoms with Gasteiger partial charge in [-0.3, -0.25) is 4.79 Å². The molecule has 0 aromatic rings. The van der Waals surface area contributed by atoms with Gasteiger partial charge in [0.15, 0.2) is 6.29 Å². The van der Waals surface area contributed by atoms with Crippen molar-refractivity contribution in [2.75, 3.05) is 13.2 Å². The van der Waals surface area contributed by atoms with Crippen LogP contribution in [-0.2, 0) is 14.3 Å². The Bertz CT molecular complexity index is 812. The molecule has 1 amide bonds. The highest BCUT2D eigenvalue weighted by Gasteiger charge is 2.44. The third-order valence-corrected chi connectivity index (χ3v) is 10.4. The summed E-state index contributed by atoms with van der Waals surface area (Å²) in [5, 5.41) is 54.2. The van der Waals surface area contributed by atoms with Gasteiger partial charge in [-0.05, 0) is 38.5 Å². The quantitative estimate of drug-likeness (QED) is 0.0283. The molecule has 302 valence electrons. The molecule has 0 aromatic carbocycles. The zero-order chi connectivity index (χ0) is 37.4. The summed E-state index contributed by atoms with van der Waals surface area (Å²) in [6.07, 6.45) is 29.2. The van der Waals surface area contributed by atoms with Gasteiger partial charge in [0.25, 0.3) is 0 Å². The first kappa shape index (κ1) is 48.0. The molecule has 1 aliphatic heterocycles. The Kier molecular flexibility index (Phi) is 31.5. The van der Waals surface area contributed by atoms with Crippen LogP contribution in [0.25, 0.3) is 0 Å². The van der Waals surface area contributed by atoms with E-state index in [4.69, 9.17) is 9.47 Å². The van der Waals surface area contributed by atoms with Crippen LogP contribution < -0.4 is 5.32 Å². The number of amides is 1. The lowest BCUT2D eigenvalue weighted by molar-refractivity contribution is -0.302. The highest BCUT2D eigenvalue weighted by Crippen LogP contribution is 2.23. The van der Waals surface area contributed by atoms with Crippen molar-refractivity contribution in [2.24, 2.45) is 0 Å². The predicted octanol–water partition coefficient (Wildman–Crippen LogP) is 8.17. The van der Waals surface area contributed by atoms with Crippen molar-refractivity contribution in [3.63, 3.8) is 0 Å². The maximum absolute atomic E-state index is 12.9. The Morgan fingerprint density at radius 1 is 0.647 bits per heavy atom. The van der Waals surface area contributed by atoms with Crippen molar-refractivity contribution in [1.29, 1.82) is 0 Å². The molecule has 9 heteroatoms. The summed E-state index contributed by atoms with van der Waals surface area (Å²) in [5.41, 5.74) is 0. The van der Waals surface area contributed by atoms with Gasteiger partial charge in [-0.1, -0.05) is 161 Å². The van der Waals surface area contributed by atoms with Crippen LogP contribution in [0, 0.1) is 0 Å². The molecule has 1 heterocycles. The van der Waals surface area contributed by atoms with E-state index in [-0.39, 0.29) is 12.5 Å². The first-order valence-corrected chi connectivity index (χ1v) is 21.4. The SMILES string of the molecule is CCCCCCCC/C=C\CCCCCCCC(=O)NC(COC1OC(CO)C(O)C(O)C1O)C(O)CCCCCCCCCCCCCCC. The summed E-state index contributed by atoms with van der Waals surface area (Å²) >= 11 is 0. The fraction of sp³-hybridized carbons (Fsp3) is 0.929. The van der Waals surface area contributed by atoms with Crippen LogP contribution in [0.1, 0.15) is 194 Å². The molecule has 1 fully saturated rings. The van der Waals surface area contributed by atoms with Crippen LogP contribution >= 0.6 is 0 Å². The van der Waals surface area contributed by atoms with Crippen molar-refractivity contribution in [3.8, 4) is 0 Å². The minimum Gasteiger partial charge on any atom is -0.394 e. The van der Waals surface area contributed by atoms with Gasteiger partial charge in [-0.2, -0.15) is 0 Å². The summed E-state index contributed by atoms with van der Waals surface area (Å²) < 4.78 is 11.2. The molecular weight excluding hydrogens is 646 g/mol. The molecule has 7 unspecified atom stereocenters. The second-order valence-electron chi connectivity index (χ2n) is 15.1. The first-order valence-electron chi connectivity index (χ1n) is 21.4. The molecule has 1 saturated heterocycles. The average Bonchev–Trinajstić information content (AvgIpc) is 3.13. The lowest BCUT2D eigenvalue weighted by Crippen LogP contribution is -2.60. The third kappa shape index (κ3) is 24.8. The molecule has 9 nitrogen and oxygen atoms in total. The van der Waals surface area contributed by atoms with E-state index in [1.807, 2.05) is 0 Å². The molecule has 0 radical (unpaired) electrons. The molecule has 7 atom stereocenters. The van der Waals surface area contributed by atoms with Gasteiger partial charge in [-0.25, -0.2) is 0 Å². The number of aliphatic hydroxyl groups excluding tert-OH is 5. The molecule has 1 rings (SSSR count). The monoisotopic (exact) mass is 728 g/mol. The zero-order valence-electron chi connectivity index (χ0n) is 32.9. The minimum absolute atomic E-state index is 0.138. The minimum atomic E-state index is -1.55. The number of hydrogen-bond donors (Lipinski definition) is 6. The number of carbonyl (C=O) groups excluding carboxylic acids is 1. The highest BCUT2D eigenvalue weighted by atomic mass is 16.7. The molecule has 51 heavy (non-hydrogen) atoms. The van der Waals surface area contributed by atoms with Gasteiger partial charge in [0.1, 0.15) is 24.4 Å². The second-order valence-corrected chi connectivity index (χ2v) is 15.1. The van der Waals surface area contributed by atoms with E-state index in [0.29, 0.717) is 12.8 Å². The number of ether oxygens (including phenoxy) is 2. The van der Waals surface area contributed by atoms with Gasteiger partial charge < -0.3 is 40.3 Å². The van der Waals surface area contributed by atoms with Crippen molar-refractivity contribution in [2.45, 2.75) is 236 Å². The van der Waals surface area contributed by atoms with Crippen molar-refractivity contribution < 1.29 is 39.8 Å². The van der Waals surface area contributed by atoms with Gasteiger partial charge in [0, 0.05) is 6.42 Å². The van der Waals surface area contributed by atoms with Gasteiger partial charge >= 0.3 is 0 Å². The Labute approximate surface area is 312 Å². The summed E-state index contributed by atoms with van der Waals surface area (Å²) in [5.74, 6) is -0.153. The fourth-order valence-corrected chi connectivity index (χ4v) is 6.86. The van der Waals surface area contributed by atoms with Crippen LogP contribution in [0.4, 0.5) is 0 Å². The normalized spacial score (nSPS) is 22.1. The number of nitrogens with one attached hydrogen (secondary N) is 1. The lowest BCUT2D eigenvalue weighted by atomic mass is 9.99. The fourth-order valence-electron chi connectivity index (χ4n) is 6.86. The topological polar surface area (TPSA) is 149 Å². The number of carbonyl (C=O) groups is 1. The standard InChI is InChI=1S/C42H81NO8/c1-3-5-7-9-11-13-15-17-18-20-22-24-26-28-30-32-38(46)43-35(34-50-42-41(49)40(48)39(47)37(33-44)51-42)36(45)31-29-27-25-23-21-19-16-14-12-10-8-6-4-2/h17-18,35-37,39-42,44-45,47-49H,3-16,19-34H2,1-2H3,(H,43,46)/b18-17-. The molecule has 0 aliphatic carbocycles. The first-order chi connectivity index (χ1) is 24.8. The van der Waals surface area contributed by atoms with Crippen LogP contribution in [0.15, 0.2) is 12.2 Å². The average molecular weight is 728 g/mol. The number of rotatable bonds is 35. The van der Waals surface area contributed by atoms with Crippen molar-refractivity contribution in [3.05, 3.63) is 12.2 Å². The Morgan fingerprint density at radius 3 is 1.59 bits per heavy atom. The molecule has 6 N–H and O–H groups in total. The summed E-state index contributed by atoms with van der Waals surface area (Å²) in [6, 6.07) is -0.717. The maximum Gasteiger partial charge on any atom is 0.220 e. The second kappa shape index (κ2) is 33.5. The van der Waals surface area contributed by atoms with Crippen LogP contribution in [-0.4, -0.2) is 87.5 Å². The molecule has 1 aliphatic rings. The van der Waals surface area contributed by atoms with E-state index in [2.05, 4.69) is 31.3 Å². The van der Waals surface area contributed by atoms with Crippen molar-refractivity contribution in [1.82, 2.24) is 5.32 Å². The van der Waals surface area contributed by atoms with E-state index in [1.165, 1.54) is 116 Å². The van der Waals surface area contributed by atoms with Gasteiger partial charge in [0.2, 0.25) is 5.91 Å². The van der Waals surface area contributed by atoms with Crippen LogP contribution in [0.5, 0.6) is 0 Å². The van der Waals surface area contributed by atoms with E-state index in [0.717, 1.165) is 51.4 Å². The van der Waals surface area contributed by atoms with E-state index >= 15 is 0 Å². The number of unbranched alkanes of at least 4 members (excludes halogenated alkanes) is 23. The summed E-state index contributed by atoms with van der Waals surface area (Å²) in [6.45, 7) is 3.81. The van der Waals surface area contributed by atoms with Crippen LogP contribution in [0.3, 0.4) is 0 Å². The van der Waals surface area contributed by atoms with E-state index in [9.17, 15) is 30.3 Å². The van der Waals surface area contributed by atoms with Crippen LogP contribution in [0.2, 0.25) is 0 Å².